The maximum Gasteiger partial charge on any atom is 0.0939 e. The van der Waals surface area contributed by atoms with Gasteiger partial charge in [0.2, 0.25) is 0 Å². The Labute approximate surface area is 114 Å². The van der Waals surface area contributed by atoms with E-state index < -0.39 is 5.60 Å². The molecule has 0 spiro atoms. The monoisotopic (exact) mass is 252 g/mol. The van der Waals surface area contributed by atoms with Gasteiger partial charge in [-0.25, -0.2) is 0 Å². The molecule has 98 valence electrons. The Hall–Kier alpha value is -1.60. The highest BCUT2D eigenvalue weighted by Gasteiger charge is 2.32. The van der Waals surface area contributed by atoms with E-state index >= 15 is 0 Å². The normalized spacial score (nSPS) is 22.6. The van der Waals surface area contributed by atoms with Gasteiger partial charge in [0.05, 0.1) is 5.60 Å². The molecule has 3 rings (SSSR count). The fourth-order valence-electron chi connectivity index (χ4n) is 3.18. The first-order valence-electron chi connectivity index (χ1n) is 7.13. The van der Waals surface area contributed by atoms with Crippen LogP contribution in [0.2, 0.25) is 0 Å². The molecule has 1 nitrogen and oxygen atoms in total. The molecule has 1 aliphatic carbocycles. The van der Waals surface area contributed by atoms with Crippen molar-refractivity contribution in [1.29, 1.82) is 0 Å². The summed E-state index contributed by atoms with van der Waals surface area (Å²) in [5.74, 6) is 0. The zero-order chi connectivity index (χ0) is 13.1. The van der Waals surface area contributed by atoms with Gasteiger partial charge in [0.1, 0.15) is 0 Å². The van der Waals surface area contributed by atoms with Crippen LogP contribution in [0, 0.1) is 0 Å². The highest BCUT2D eigenvalue weighted by molar-refractivity contribution is 5.35. The van der Waals surface area contributed by atoms with Gasteiger partial charge in [-0.2, -0.15) is 0 Å². The smallest absolute Gasteiger partial charge is 0.0939 e. The van der Waals surface area contributed by atoms with Crippen molar-refractivity contribution in [3.05, 3.63) is 71.3 Å². The van der Waals surface area contributed by atoms with Gasteiger partial charge < -0.3 is 5.11 Å². The van der Waals surface area contributed by atoms with E-state index in [0.717, 1.165) is 24.8 Å². The molecular weight excluding hydrogens is 232 g/mol. The summed E-state index contributed by atoms with van der Waals surface area (Å²) >= 11 is 0. The molecule has 0 saturated heterocycles. The van der Waals surface area contributed by atoms with Crippen LogP contribution in [-0.2, 0) is 18.4 Å². The average molecular weight is 252 g/mol. The van der Waals surface area contributed by atoms with Crippen LogP contribution in [0.3, 0.4) is 0 Å². The third-order valence-electron chi connectivity index (χ3n) is 4.14. The van der Waals surface area contributed by atoms with Crippen LogP contribution in [-0.4, -0.2) is 5.11 Å². The molecule has 19 heavy (non-hydrogen) atoms. The van der Waals surface area contributed by atoms with Gasteiger partial charge in [0, 0.05) is 6.42 Å². The van der Waals surface area contributed by atoms with Gasteiger partial charge in [0.15, 0.2) is 0 Å². The third-order valence-corrected chi connectivity index (χ3v) is 4.14. The van der Waals surface area contributed by atoms with Crippen molar-refractivity contribution in [2.45, 2.75) is 37.7 Å². The molecule has 0 aliphatic heterocycles. The standard InChI is InChI=1S/C18H20O/c19-18(14-15-8-2-1-3-9-15)13-7-6-11-16-10-4-5-12-17(16)18/h1-5,8-10,12,19H,6-7,11,13-14H2. The van der Waals surface area contributed by atoms with Crippen molar-refractivity contribution in [2.24, 2.45) is 0 Å². The van der Waals surface area contributed by atoms with Crippen molar-refractivity contribution in [3.8, 4) is 0 Å². The summed E-state index contributed by atoms with van der Waals surface area (Å²) in [6.45, 7) is 0. The molecule has 0 radical (unpaired) electrons. The van der Waals surface area contributed by atoms with Crippen molar-refractivity contribution in [2.75, 3.05) is 0 Å². The van der Waals surface area contributed by atoms with E-state index in [1.165, 1.54) is 17.5 Å². The van der Waals surface area contributed by atoms with Crippen molar-refractivity contribution in [3.63, 3.8) is 0 Å². The molecule has 0 aromatic heterocycles. The Morgan fingerprint density at radius 1 is 0.895 bits per heavy atom. The first kappa shape index (κ1) is 12.4. The van der Waals surface area contributed by atoms with E-state index in [4.69, 9.17) is 0 Å². The molecule has 1 heteroatoms. The third kappa shape index (κ3) is 2.57. The van der Waals surface area contributed by atoms with Gasteiger partial charge in [0.25, 0.3) is 0 Å². The second kappa shape index (κ2) is 5.18. The summed E-state index contributed by atoms with van der Waals surface area (Å²) in [6, 6.07) is 18.7. The van der Waals surface area contributed by atoms with Gasteiger partial charge in [-0.1, -0.05) is 54.6 Å². The molecule has 1 aliphatic rings. The minimum absolute atomic E-state index is 0.700. The second-order valence-electron chi connectivity index (χ2n) is 5.56. The number of hydrogen-bond acceptors (Lipinski definition) is 1. The molecule has 2 aromatic carbocycles. The van der Waals surface area contributed by atoms with Crippen molar-refractivity contribution < 1.29 is 5.11 Å². The topological polar surface area (TPSA) is 20.2 Å². The predicted octanol–water partition coefficient (Wildman–Crippen LogP) is 3.84. The molecule has 0 amide bonds. The molecule has 0 bridgehead atoms. The largest absolute Gasteiger partial charge is 0.385 e. The van der Waals surface area contributed by atoms with Crippen molar-refractivity contribution >= 4 is 0 Å². The van der Waals surface area contributed by atoms with Crippen LogP contribution in [0.4, 0.5) is 0 Å². The fraction of sp³-hybridized carbons (Fsp3) is 0.333. The van der Waals surface area contributed by atoms with Crippen molar-refractivity contribution in [1.82, 2.24) is 0 Å². The minimum atomic E-state index is -0.700. The Morgan fingerprint density at radius 2 is 1.63 bits per heavy atom. The lowest BCUT2D eigenvalue weighted by molar-refractivity contribution is 0.0272. The molecule has 0 heterocycles. The highest BCUT2D eigenvalue weighted by atomic mass is 16.3. The predicted molar refractivity (Wildman–Crippen MR) is 78.0 cm³/mol. The van der Waals surface area contributed by atoms with Gasteiger partial charge in [-0.05, 0) is 42.4 Å². The Kier molecular flexibility index (Phi) is 3.39. The molecule has 0 fully saturated rings. The minimum Gasteiger partial charge on any atom is -0.385 e. The van der Waals surface area contributed by atoms with Gasteiger partial charge >= 0.3 is 0 Å². The van der Waals surface area contributed by atoms with E-state index in [1.54, 1.807) is 0 Å². The molecule has 1 N–H and O–H groups in total. The lowest BCUT2D eigenvalue weighted by Gasteiger charge is -2.29. The number of hydrogen-bond donors (Lipinski definition) is 1. The van der Waals surface area contributed by atoms with E-state index in [9.17, 15) is 5.11 Å². The zero-order valence-electron chi connectivity index (χ0n) is 11.2. The quantitative estimate of drug-likeness (QED) is 0.805. The number of aliphatic hydroxyl groups is 1. The van der Waals surface area contributed by atoms with Crippen LogP contribution < -0.4 is 0 Å². The van der Waals surface area contributed by atoms with Gasteiger partial charge in [-0.3, -0.25) is 0 Å². The number of rotatable bonds is 2. The zero-order valence-corrected chi connectivity index (χ0v) is 11.2. The summed E-state index contributed by atoms with van der Waals surface area (Å²) in [6.07, 6.45) is 4.93. The summed E-state index contributed by atoms with van der Waals surface area (Å²) in [5.41, 5.74) is 2.96. The maximum atomic E-state index is 11.2. The van der Waals surface area contributed by atoms with Crippen LogP contribution in [0.5, 0.6) is 0 Å². The molecule has 0 saturated carbocycles. The first-order valence-corrected chi connectivity index (χ1v) is 7.13. The summed E-state index contributed by atoms with van der Waals surface area (Å²) in [4.78, 5) is 0. The Morgan fingerprint density at radius 3 is 2.47 bits per heavy atom. The molecular formula is C18H20O. The van der Waals surface area contributed by atoms with E-state index in [-0.39, 0.29) is 0 Å². The molecule has 1 atom stereocenters. The maximum absolute atomic E-state index is 11.2. The molecule has 2 aromatic rings. The molecule has 1 unspecified atom stereocenters. The lowest BCUT2D eigenvalue weighted by Crippen LogP contribution is -2.28. The van der Waals surface area contributed by atoms with Gasteiger partial charge in [-0.15, -0.1) is 0 Å². The second-order valence-corrected chi connectivity index (χ2v) is 5.56. The van der Waals surface area contributed by atoms with E-state index in [2.05, 4.69) is 30.3 Å². The average Bonchev–Trinajstić information content (AvgIpc) is 2.60. The highest BCUT2D eigenvalue weighted by Crippen LogP contribution is 2.36. The van der Waals surface area contributed by atoms with E-state index in [1.807, 2.05) is 24.3 Å². The number of fused-ring (bicyclic) bond motifs is 1. The first-order chi connectivity index (χ1) is 9.28. The number of aryl methyl sites for hydroxylation is 1. The van der Waals surface area contributed by atoms with Crippen LogP contribution in [0.1, 0.15) is 36.0 Å². The summed E-state index contributed by atoms with van der Waals surface area (Å²) in [5, 5.41) is 11.2. The number of benzene rings is 2. The van der Waals surface area contributed by atoms with Crippen LogP contribution >= 0.6 is 0 Å². The van der Waals surface area contributed by atoms with E-state index in [0.29, 0.717) is 6.42 Å². The lowest BCUT2D eigenvalue weighted by atomic mass is 9.83. The fourth-order valence-corrected chi connectivity index (χ4v) is 3.18. The summed E-state index contributed by atoms with van der Waals surface area (Å²) < 4.78 is 0. The van der Waals surface area contributed by atoms with Crippen LogP contribution in [0.15, 0.2) is 54.6 Å². The summed E-state index contributed by atoms with van der Waals surface area (Å²) in [7, 11) is 0. The SMILES string of the molecule is OC1(Cc2ccccc2)CCCCc2ccccc21. The Balaban J connectivity index is 1.98. The van der Waals surface area contributed by atoms with Crippen LogP contribution in [0.25, 0.3) is 0 Å². The Bertz CT molecular complexity index is 547.